The molecule has 2 rings (SSSR count). The predicted molar refractivity (Wildman–Crippen MR) is 70.9 cm³/mol. The highest BCUT2D eigenvalue weighted by Crippen LogP contribution is 2.16. The molecular formula is C14H17NS. The zero-order valence-electron chi connectivity index (χ0n) is 9.36. The molecule has 1 heterocycles. The summed E-state index contributed by atoms with van der Waals surface area (Å²) in [7, 11) is 0. The minimum absolute atomic E-state index is 0.749. The van der Waals surface area contributed by atoms with E-state index in [1.54, 1.807) is 0 Å². The van der Waals surface area contributed by atoms with E-state index in [1.807, 2.05) is 11.3 Å². The summed E-state index contributed by atoms with van der Waals surface area (Å²) >= 11 is 1.83. The van der Waals surface area contributed by atoms with Gasteiger partial charge in [0.2, 0.25) is 0 Å². The van der Waals surface area contributed by atoms with Gasteiger partial charge in [0.15, 0.2) is 0 Å². The third-order valence-electron chi connectivity index (χ3n) is 2.64. The van der Waals surface area contributed by atoms with Gasteiger partial charge in [0, 0.05) is 4.88 Å². The summed E-state index contributed by atoms with van der Waals surface area (Å²) in [6.45, 7) is 0.749. The van der Waals surface area contributed by atoms with Gasteiger partial charge in [0.05, 0.1) is 0 Å². The van der Waals surface area contributed by atoms with Gasteiger partial charge in [-0.3, -0.25) is 0 Å². The van der Waals surface area contributed by atoms with Crippen LogP contribution in [0.15, 0.2) is 41.8 Å². The second-order valence-electron chi connectivity index (χ2n) is 3.95. The summed E-state index contributed by atoms with van der Waals surface area (Å²) in [6, 6.07) is 12.9. The number of hydrogen-bond acceptors (Lipinski definition) is 2. The molecule has 1 aromatic heterocycles. The average molecular weight is 231 g/mol. The maximum Gasteiger partial charge on any atom is 0.00606 e. The fourth-order valence-electron chi connectivity index (χ4n) is 1.76. The predicted octanol–water partition coefficient (Wildman–Crippen LogP) is 3.03. The van der Waals surface area contributed by atoms with E-state index in [2.05, 4.69) is 41.8 Å². The van der Waals surface area contributed by atoms with Crippen LogP contribution in [-0.4, -0.2) is 6.54 Å². The fraction of sp³-hybridized carbons (Fsp3) is 0.286. The minimum atomic E-state index is 0.749. The zero-order valence-corrected chi connectivity index (χ0v) is 10.2. The normalized spacial score (nSPS) is 10.6. The summed E-state index contributed by atoms with van der Waals surface area (Å²) in [5.41, 5.74) is 8.39. The highest BCUT2D eigenvalue weighted by molar-refractivity contribution is 7.10. The highest BCUT2D eigenvalue weighted by Gasteiger charge is 2.00. The fourth-order valence-corrected chi connectivity index (χ4v) is 2.71. The number of nitrogens with two attached hydrogens (primary N) is 1. The number of benzene rings is 1. The molecule has 0 radical (unpaired) electrons. The zero-order chi connectivity index (χ0) is 11.2. The smallest absolute Gasteiger partial charge is 0.00606 e. The van der Waals surface area contributed by atoms with Crippen molar-refractivity contribution in [1.82, 2.24) is 0 Å². The molecule has 0 atom stereocenters. The molecule has 0 spiro atoms. The van der Waals surface area contributed by atoms with Crippen molar-refractivity contribution in [3.8, 4) is 0 Å². The standard InChI is InChI=1S/C14H17NS/c15-9-8-14-10-13(11-16-14)7-6-12-4-2-1-3-5-12/h1-5,10-11H,6-9,15H2. The summed E-state index contributed by atoms with van der Waals surface area (Å²) in [4.78, 5) is 1.41. The van der Waals surface area contributed by atoms with E-state index in [-0.39, 0.29) is 0 Å². The quantitative estimate of drug-likeness (QED) is 0.841. The molecule has 2 heteroatoms. The summed E-state index contributed by atoms with van der Waals surface area (Å²) in [6.07, 6.45) is 3.26. The van der Waals surface area contributed by atoms with Gasteiger partial charge in [-0.05, 0) is 48.4 Å². The highest BCUT2D eigenvalue weighted by atomic mass is 32.1. The lowest BCUT2D eigenvalue weighted by molar-refractivity contribution is 0.954. The van der Waals surface area contributed by atoms with Crippen LogP contribution in [0.3, 0.4) is 0 Å². The Balaban J connectivity index is 1.89. The molecule has 0 bridgehead atoms. The van der Waals surface area contributed by atoms with Crippen LogP contribution in [0.25, 0.3) is 0 Å². The lowest BCUT2D eigenvalue weighted by atomic mass is 10.1. The molecule has 2 aromatic rings. The largest absolute Gasteiger partial charge is 0.330 e. The number of rotatable bonds is 5. The van der Waals surface area contributed by atoms with E-state index >= 15 is 0 Å². The molecule has 0 aliphatic heterocycles. The van der Waals surface area contributed by atoms with Gasteiger partial charge in [-0.15, -0.1) is 11.3 Å². The van der Waals surface area contributed by atoms with E-state index in [1.165, 1.54) is 16.0 Å². The van der Waals surface area contributed by atoms with Crippen molar-refractivity contribution < 1.29 is 0 Å². The van der Waals surface area contributed by atoms with Crippen LogP contribution >= 0.6 is 11.3 Å². The summed E-state index contributed by atoms with van der Waals surface area (Å²) < 4.78 is 0. The first-order chi connectivity index (χ1) is 7.88. The Kier molecular flexibility index (Phi) is 4.14. The van der Waals surface area contributed by atoms with Gasteiger partial charge in [-0.25, -0.2) is 0 Å². The Morgan fingerprint density at radius 2 is 1.69 bits per heavy atom. The summed E-state index contributed by atoms with van der Waals surface area (Å²) in [5, 5.41) is 2.26. The number of aryl methyl sites for hydroxylation is 2. The van der Waals surface area contributed by atoms with Crippen molar-refractivity contribution in [2.45, 2.75) is 19.3 Å². The van der Waals surface area contributed by atoms with E-state index in [0.717, 1.165) is 25.8 Å². The van der Waals surface area contributed by atoms with Crippen molar-refractivity contribution in [3.63, 3.8) is 0 Å². The molecule has 0 aliphatic carbocycles. The molecule has 0 amide bonds. The van der Waals surface area contributed by atoms with Crippen LogP contribution in [0.5, 0.6) is 0 Å². The third kappa shape index (κ3) is 3.19. The second kappa shape index (κ2) is 5.83. The van der Waals surface area contributed by atoms with E-state index in [4.69, 9.17) is 5.73 Å². The Labute approximate surface area is 101 Å². The van der Waals surface area contributed by atoms with Gasteiger partial charge in [0.25, 0.3) is 0 Å². The van der Waals surface area contributed by atoms with Gasteiger partial charge in [-0.2, -0.15) is 0 Å². The van der Waals surface area contributed by atoms with Gasteiger partial charge in [0.1, 0.15) is 0 Å². The first-order valence-corrected chi connectivity index (χ1v) is 6.57. The lowest BCUT2D eigenvalue weighted by Gasteiger charge is -1.98. The molecule has 0 unspecified atom stereocenters. The van der Waals surface area contributed by atoms with Crippen molar-refractivity contribution in [2.75, 3.05) is 6.54 Å². The average Bonchev–Trinajstić information content (AvgIpc) is 2.76. The monoisotopic (exact) mass is 231 g/mol. The van der Waals surface area contributed by atoms with Crippen LogP contribution in [0, 0.1) is 0 Å². The van der Waals surface area contributed by atoms with Crippen molar-refractivity contribution >= 4 is 11.3 Å². The SMILES string of the molecule is NCCc1cc(CCc2ccccc2)cs1. The van der Waals surface area contributed by atoms with Crippen LogP contribution in [0.1, 0.15) is 16.0 Å². The van der Waals surface area contributed by atoms with Gasteiger partial charge < -0.3 is 5.73 Å². The Morgan fingerprint density at radius 1 is 0.938 bits per heavy atom. The molecule has 2 N–H and O–H groups in total. The number of hydrogen-bond donors (Lipinski definition) is 1. The second-order valence-corrected chi connectivity index (χ2v) is 4.94. The van der Waals surface area contributed by atoms with E-state index < -0.39 is 0 Å². The van der Waals surface area contributed by atoms with Crippen LogP contribution < -0.4 is 5.73 Å². The molecule has 0 saturated heterocycles. The molecule has 0 saturated carbocycles. The van der Waals surface area contributed by atoms with Gasteiger partial charge in [-0.1, -0.05) is 30.3 Å². The molecule has 1 nitrogen and oxygen atoms in total. The molecule has 84 valence electrons. The minimum Gasteiger partial charge on any atom is -0.330 e. The van der Waals surface area contributed by atoms with E-state index in [9.17, 15) is 0 Å². The lowest BCUT2D eigenvalue weighted by Crippen LogP contribution is -2.00. The molecule has 16 heavy (non-hydrogen) atoms. The maximum absolute atomic E-state index is 5.54. The van der Waals surface area contributed by atoms with Crippen molar-refractivity contribution in [2.24, 2.45) is 5.73 Å². The third-order valence-corrected chi connectivity index (χ3v) is 3.69. The van der Waals surface area contributed by atoms with E-state index in [0.29, 0.717) is 0 Å². The van der Waals surface area contributed by atoms with Crippen molar-refractivity contribution in [3.05, 3.63) is 57.8 Å². The Bertz CT molecular complexity index is 419. The molecule has 0 fully saturated rings. The molecule has 1 aromatic carbocycles. The van der Waals surface area contributed by atoms with Crippen LogP contribution in [0.4, 0.5) is 0 Å². The number of thiophene rings is 1. The maximum atomic E-state index is 5.54. The van der Waals surface area contributed by atoms with Gasteiger partial charge >= 0.3 is 0 Å². The Hall–Kier alpha value is -1.12. The molecule has 0 aliphatic rings. The topological polar surface area (TPSA) is 26.0 Å². The van der Waals surface area contributed by atoms with Crippen LogP contribution in [-0.2, 0) is 19.3 Å². The first-order valence-electron chi connectivity index (χ1n) is 5.69. The van der Waals surface area contributed by atoms with Crippen LogP contribution in [0.2, 0.25) is 0 Å². The summed E-state index contributed by atoms with van der Waals surface area (Å²) in [5.74, 6) is 0. The molecular weight excluding hydrogens is 214 g/mol. The first kappa shape index (κ1) is 11.4. The Morgan fingerprint density at radius 3 is 2.44 bits per heavy atom. The van der Waals surface area contributed by atoms with Crippen molar-refractivity contribution in [1.29, 1.82) is 0 Å².